The summed E-state index contributed by atoms with van der Waals surface area (Å²) in [6.45, 7) is 6.20. The molecule has 0 radical (unpaired) electrons. The average Bonchev–Trinajstić information content (AvgIpc) is 2.85. The van der Waals surface area contributed by atoms with Crippen LogP contribution in [0.2, 0.25) is 0 Å². The number of rotatable bonds is 5. The summed E-state index contributed by atoms with van der Waals surface area (Å²) < 4.78 is 27.8. The van der Waals surface area contributed by atoms with Gasteiger partial charge in [0.05, 0.1) is 5.69 Å². The summed E-state index contributed by atoms with van der Waals surface area (Å²) in [5, 5.41) is 2.85. The average molecular weight is 454 g/mol. The zero-order valence-electron chi connectivity index (χ0n) is 19.5. The monoisotopic (exact) mass is 453 g/mol. The van der Waals surface area contributed by atoms with Gasteiger partial charge < -0.3 is 10.2 Å². The molecule has 0 bridgehead atoms. The summed E-state index contributed by atoms with van der Waals surface area (Å²) in [6, 6.07) is 13.1. The molecule has 1 N–H and O–H groups in total. The molecule has 0 saturated carbocycles. The first-order valence-electron chi connectivity index (χ1n) is 11.9. The molecule has 0 aliphatic carbocycles. The summed E-state index contributed by atoms with van der Waals surface area (Å²) in [5.74, 6) is 0.0107. The Hall–Kier alpha value is -2.73. The number of aryl methyl sites for hydroxylation is 1. The van der Waals surface area contributed by atoms with Gasteiger partial charge in [-0.3, -0.25) is 4.90 Å². The van der Waals surface area contributed by atoms with E-state index < -0.39 is 5.82 Å². The number of carbonyl (C=O) groups is 1. The molecule has 176 valence electrons. The van der Waals surface area contributed by atoms with E-state index in [4.69, 9.17) is 0 Å². The fraction of sp³-hybridized carbons (Fsp3) is 0.444. The Morgan fingerprint density at radius 2 is 1.85 bits per heavy atom. The molecule has 2 aliphatic rings. The van der Waals surface area contributed by atoms with E-state index >= 15 is 0 Å². The van der Waals surface area contributed by atoms with Crippen LogP contribution in [0, 0.1) is 12.7 Å². The summed E-state index contributed by atoms with van der Waals surface area (Å²) >= 11 is 0. The van der Waals surface area contributed by atoms with Crippen LogP contribution < -0.4 is 5.32 Å². The van der Waals surface area contributed by atoms with Crippen LogP contribution in [0.5, 0.6) is 0 Å². The Labute approximate surface area is 195 Å². The van der Waals surface area contributed by atoms with Gasteiger partial charge in [-0.25, -0.2) is 13.6 Å². The van der Waals surface area contributed by atoms with E-state index in [1.54, 1.807) is 11.0 Å². The summed E-state index contributed by atoms with van der Waals surface area (Å²) in [4.78, 5) is 16.8. The summed E-state index contributed by atoms with van der Waals surface area (Å²) in [6.07, 6.45) is 4.51. The lowest BCUT2D eigenvalue weighted by molar-refractivity contribution is 0.194. The first-order valence-corrected chi connectivity index (χ1v) is 11.9. The Morgan fingerprint density at radius 3 is 2.48 bits per heavy atom. The second kappa shape index (κ2) is 10.5. The van der Waals surface area contributed by atoms with E-state index in [9.17, 15) is 13.6 Å². The molecule has 4 nitrogen and oxygen atoms in total. The fourth-order valence-electron chi connectivity index (χ4n) is 4.79. The summed E-state index contributed by atoms with van der Waals surface area (Å²) in [5.41, 5.74) is 4.50. The number of para-hydroxylation sites is 1. The smallest absolute Gasteiger partial charge is 0.321 e. The highest BCUT2D eigenvalue weighted by molar-refractivity contribution is 5.93. The second-order valence-corrected chi connectivity index (χ2v) is 9.24. The molecule has 0 aromatic heterocycles. The minimum atomic E-state index is -0.434. The van der Waals surface area contributed by atoms with Crippen molar-refractivity contribution in [1.29, 1.82) is 0 Å². The van der Waals surface area contributed by atoms with Gasteiger partial charge in [0.25, 0.3) is 0 Å². The molecule has 4 rings (SSSR count). The van der Waals surface area contributed by atoms with Crippen LogP contribution in [0.25, 0.3) is 5.57 Å². The van der Waals surface area contributed by atoms with Crippen LogP contribution in [-0.2, 0) is 0 Å². The lowest BCUT2D eigenvalue weighted by Gasteiger charge is -2.33. The molecule has 2 heterocycles. The van der Waals surface area contributed by atoms with Gasteiger partial charge in [-0.1, -0.05) is 48.0 Å². The third-order valence-electron chi connectivity index (χ3n) is 7.01. The Kier molecular flexibility index (Phi) is 7.43. The van der Waals surface area contributed by atoms with E-state index in [1.165, 1.54) is 17.2 Å². The first kappa shape index (κ1) is 23.4. The molecular formula is C27H33F2N3O. The number of hydrogen-bond donors (Lipinski definition) is 1. The number of benzene rings is 2. The van der Waals surface area contributed by atoms with Gasteiger partial charge in [-0.15, -0.1) is 0 Å². The molecule has 0 spiro atoms. The lowest BCUT2D eigenvalue weighted by atomic mass is 9.89. The third-order valence-corrected chi connectivity index (χ3v) is 7.01. The standard InChI is InChI=1S/C27H33F2N3O/c1-19-6-8-21(9-7-19)22-10-16-32(17-11-22)27(33)30-26-24(4-3-5-25(26)29)23-12-14-31(15-13-23)20(2)18-28/h3-9,12,20,22H,10-11,13-18H2,1-2H3,(H,30,33). The van der Waals surface area contributed by atoms with E-state index in [0.717, 1.165) is 18.4 Å². The van der Waals surface area contributed by atoms with Gasteiger partial charge >= 0.3 is 6.03 Å². The predicted molar refractivity (Wildman–Crippen MR) is 130 cm³/mol. The molecule has 2 aromatic rings. The number of likely N-dealkylation sites (tertiary alicyclic amines) is 1. The van der Waals surface area contributed by atoms with Crippen LogP contribution in [0.3, 0.4) is 0 Å². The van der Waals surface area contributed by atoms with Crippen molar-refractivity contribution in [3.8, 4) is 0 Å². The Bertz CT molecular complexity index is 997. The maximum Gasteiger partial charge on any atom is 0.321 e. The number of carbonyl (C=O) groups excluding carboxylic acids is 1. The van der Waals surface area contributed by atoms with Crippen LogP contribution in [0.1, 0.15) is 48.8 Å². The van der Waals surface area contributed by atoms with Crippen LogP contribution in [0.15, 0.2) is 48.5 Å². The second-order valence-electron chi connectivity index (χ2n) is 9.24. The SMILES string of the molecule is Cc1ccc(C2CCN(C(=O)Nc3c(F)cccc3C3=CCN(C(C)CF)CC3)CC2)cc1. The van der Waals surface area contributed by atoms with Crippen LogP contribution in [-0.4, -0.2) is 54.7 Å². The molecular weight excluding hydrogens is 420 g/mol. The topological polar surface area (TPSA) is 35.6 Å². The predicted octanol–water partition coefficient (Wildman–Crippen LogP) is 5.99. The van der Waals surface area contributed by atoms with Crippen molar-refractivity contribution in [1.82, 2.24) is 9.80 Å². The number of urea groups is 1. The number of amides is 2. The largest absolute Gasteiger partial charge is 0.324 e. The van der Waals surface area contributed by atoms with Crippen molar-refractivity contribution in [2.75, 3.05) is 38.2 Å². The minimum absolute atomic E-state index is 0.127. The van der Waals surface area contributed by atoms with Gasteiger partial charge in [0.2, 0.25) is 0 Å². The zero-order chi connectivity index (χ0) is 23.4. The van der Waals surface area contributed by atoms with Crippen molar-refractivity contribution in [3.05, 3.63) is 71.0 Å². The molecule has 1 saturated heterocycles. The number of alkyl halides is 1. The Balaban J connectivity index is 1.42. The third kappa shape index (κ3) is 5.44. The van der Waals surface area contributed by atoms with Crippen molar-refractivity contribution in [2.24, 2.45) is 0 Å². The van der Waals surface area contributed by atoms with E-state index in [0.29, 0.717) is 44.1 Å². The fourth-order valence-corrected chi connectivity index (χ4v) is 4.79. The van der Waals surface area contributed by atoms with Crippen LogP contribution in [0.4, 0.5) is 19.3 Å². The van der Waals surface area contributed by atoms with E-state index in [1.807, 2.05) is 19.1 Å². The number of nitrogens with zero attached hydrogens (tertiary/aromatic N) is 2. The number of halogens is 2. The van der Waals surface area contributed by atoms with E-state index in [-0.39, 0.29) is 24.4 Å². The maximum atomic E-state index is 14.8. The highest BCUT2D eigenvalue weighted by Crippen LogP contribution is 2.32. The molecule has 33 heavy (non-hydrogen) atoms. The van der Waals surface area contributed by atoms with Gasteiger partial charge in [0.15, 0.2) is 0 Å². The van der Waals surface area contributed by atoms with Crippen molar-refractivity contribution >= 4 is 17.3 Å². The zero-order valence-corrected chi connectivity index (χ0v) is 19.5. The number of piperidine rings is 1. The molecule has 2 aromatic carbocycles. The van der Waals surface area contributed by atoms with E-state index in [2.05, 4.69) is 41.4 Å². The minimum Gasteiger partial charge on any atom is -0.324 e. The van der Waals surface area contributed by atoms with Crippen molar-refractivity contribution in [3.63, 3.8) is 0 Å². The molecule has 2 amide bonds. The Morgan fingerprint density at radius 1 is 1.12 bits per heavy atom. The van der Waals surface area contributed by atoms with Gasteiger partial charge in [-0.05, 0) is 56.2 Å². The van der Waals surface area contributed by atoms with Crippen molar-refractivity contribution < 1.29 is 13.6 Å². The first-order chi connectivity index (χ1) is 16.0. The number of anilines is 1. The molecule has 2 aliphatic heterocycles. The van der Waals surface area contributed by atoms with Gasteiger partial charge in [0, 0.05) is 37.8 Å². The van der Waals surface area contributed by atoms with Gasteiger partial charge in [-0.2, -0.15) is 0 Å². The molecule has 1 fully saturated rings. The number of nitrogens with one attached hydrogen (secondary N) is 1. The normalized spacial score (nSPS) is 18.7. The molecule has 1 unspecified atom stereocenters. The quantitative estimate of drug-likeness (QED) is 0.603. The molecule has 1 atom stereocenters. The number of hydrogen-bond acceptors (Lipinski definition) is 2. The highest BCUT2D eigenvalue weighted by Gasteiger charge is 2.26. The molecule has 6 heteroatoms. The maximum absolute atomic E-state index is 14.8. The van der Waals surface area contributed by atoms with Crippen LogP contribution >= 0.6 is 0 Å². The highest BCUT2D eigenvalue weighted by atomic mass is 19.1. The summed E-state index contributed by atoms with van der Waals surface area (Å²) in [7, 11) is 0. The lowest BCUT2D eigenvalue weighted by Crippen LogP contribution is -2.41. The van der Waals surface area contributed by atoms with Crippen molar-refractivity contribution in [2.45, 2.75) is 45.1 Å². The van der Waals surface area contributed by atoms with Gasteiger partial charge in [0.1, 0.15) is 12.5 Å².